The van der Waals surface area contributed by atoms with Gasteiger partial charge in [0.1, 0.15) is 11.3 Å². The van der Waals surface area contributed by atoms with Gasteiger partial charge in [0.15, 0.2) is 5.43 Å². The highest BCUT2D eigenvalue weighted by molar-refractivity contribution is 6.11. The number of hydrogen-bond donors (Lipinski definition) is 0. The molecule has 0 fully saturated rings. The first-order valence-electron chi connectivity index (χ1n) is 13.8. The largest absolute Gasteiger partial charge is 0.494 e. The van der Waals surface area contributed by atoms with Crippen LogP contribution in [0.5, 0.6) is 5.75 Å². The van der Waals surface area contributed by atoms with Gasteiger partial charge in [0.25, 0.3) is 5.91 Å². The van der Waals surface area contributed by atoms with Crippen LogP contribution >= 0.6 is 0 Å². The van der Waals surface area contributed by atoms with Crippen LogP contribution in [0.2, 0.25) is 0 Å². The number of aryl methyl sites for hydroxylation is 2. The molecule has 0 bridgehead atoms. The average Bonchev–Trinajstić information content (AvgIpc) is 3.25. The predicted octanol–water partition coefficient (Wildman–Crippen LogP) is 6.91. The summed E-state index contributed by atoms with van der Waals surface area (Å²) in [6, 6.07) is 17.0. The molecule has 5 rings (SSSR count). The van der Waals surface area contributed by atoms with Crippen LogP contribution in [0.4, 0.5) is 5.69 Å². The van der Waals surface area contributed by atoms with Gasteiger partial charge in [-0.05, 0) is 91.9 Å². The van der Waals surface area contributed by atoms with Crippen molar-refractivity contribution in [1.29, 1.82) is 0 Å². The van der Waals surface area contributed by atoms with E-state index in [-0.39, 0.29) is 16.8 Å². The molecule has 0 radical (unpaired) electrons. The van der Waals surface area contributed by atoms with Crippen LogP contribution < -0.4 is 15.1 Å². The van der Waals surface area contributed by atoms with Crippen LogP contribution in [0.25, 0.3) is 11.0 Å². The monoisotopic (exact) mass is 539 g/mol. The Hall–Kier alpha value is -4.39. The van der Waals surface area contributed by atoms with Gasteiger partial charge < -0.3 is 13.9 Å². The van der Waals surface area contributed by atoms with Crippen LogP contribution in [-0.2, 0) is 4.74 Å². The van der Waals surface area contributed by atoms with E-state index in [4.69, 9.17) is 13.9 Å². The molecule has 1 amide bonds. The van der Waals surface area contributed by atoms with Crippen molar-refractivity contribution in [2.45, 2.75) is 53.0 Å². The van der Waals surface area contributed by atoms with E-state index in [0.29, 0.717) is 41.2 Å². The third kappa shape index (κ3) is 4.99. The Morgan fingerprint density at radius 1 is 0.925 bits per heavy atom. The summed E-state index contributed by atoms with van der Waals surface area (Å²) in [7, 11) is 0. The summed E-state index contributed by atoms with van der Waals surface area (Å²) >= 11 is 0. The third-order valence-electron chi connectivity index (χ3n) is 7.25. The first kappa shape index (κ1) is 27.2. The smallest absolute Gasteiger partial charge is 0.338 e. The van der Waals surface area contributed by atoms with Crippen LogP contribution in [-0.4, -0.2) is 25.1 Å². The van der Waals surface area contributed by atoms with E-state index in [1.54, 1.807) is 35.2 Å². The fraction of sp³-hybridized carbons (Fsp3) is 0.303. The number of rotatable bonds is 9. The standard InChI is InChI=1S/C33H33NO6/c1-5-7-16-39-33(37)22-11-13-24(14-12-22)34-29(23-9-8-10-25(19-23)38-15-6-2)28-30(35)26-17-20(3)21(4)18-27(26)40-31(28)32(34)36/h8-14,17-19,29H,5-7,15-16H2,1-4H3. The Morgan fingerprint density at radius 2 is 1.68 bits per heavy atom. The minimum Gasteiger partial charge on any atom is -0.494 e. The lowest BCUT2D eigenvalue weighted by molar-refractivity contribution is 0.0499. The van der Waals surface area contributed by atoms with E-state index in [0.717, 1.165) is 36.0 Å². The van der Waals surface area contributed by atoms with Crippen molar-refractivity contribution in [3.63, 3.8) is 0 Å². The quantitative estimate of drug-likeness (QED) is 0.170. The Labute approximate surface area is 233 Å². The first-order chi connectivity index (χ1) is 19.3. The number of amides is 1. The van der Waals surface area contributed by atoms with Crippen molar-refractivity contribution in [3.05, 3.63) is 104 Å². The fourth-order valence-corrected chi connectivity index (χ4v) is 4.95. The van der Waals surface area contributed by atoms with Gasteiger partial charge in [-0.3, -0.25) is 14.5 Å². The molecule has 1 aliphatic heterocycles. The van der Waals surface area contributed by atoms with Gasteiger partial charge in [-0.2, -0.15) is 0 Å². The Kier molecular flexibility index (Phi) is 7.74. The Morgan fingerprint density at radius 3 is 2.40 bits per heavy atom. The maximum Gasteiger partial charge on any atom is 0.338 e. The number of anilines is 1. The van der Waals surface area contributed by atoms with Crippen molar-refractivity contribution in [2.24, 2.45) is 0 Å². The van der Waals surface area contributed by atoms with E-state index in [1.807, 2.05) is 58.0 Å². The number of esters is 1. The first-order valence-corrected chi connectivity index (χ1v) is 13.8. The highest BCUT2D eigenvalue weighted by Crippen LogP contribution is 2.42. The van der Waals surface area contributed by atoms with Crippen molar-refractivity contribution < 1.29 is 23.5 Å². The zero-order chi connectivity index (χ0) is 28.4. The molecule has 0 saturated carbocycles. The number of fused-ring (bicyclic) bond motifs is 2. The van der Waals surface area contributed by atoms with Crippen molar-refractivity contribution in [1.82, 2.24) is 0 Å². The molecule has 2 heterocycles. The number of unbranched alkanes of at least 4 members (excludes halogenated alkanes) is 1. The maximum atomic E-state index is 14.0. The van der Waals surface area contributed by atoms with Crippen LogP contribution in [0, 0.1) is 13.8 Å². The second kappa shape index (κ2) is 11.4. The second-order valence-electron chi connectivity index (χ2n) is 10.1. The van der Waals surface area contributed by atoms with Gasteiger partial charge in [-0.25, -0.2) is 4.79 Å². The zero-order valence-electron chi connectivity index (χ0n) is 23.3. The molecule has 40 heavy (non-hydrogen) atoms. The van der Waals surface area contributed by atoms with Gasteiger partial charge >= 0.3 is 5.97 Å². The number of benzene rings is 3. The lowest BCUT2D eigenvalue weighted by Crippen LogP contribution is -2.29. The SMILES string of the molecule is CCCCOC(=O)c1ccc(N2C(=O)c3oc4cc(C)c(C)cc4c(=O)c3C2c2cccc(OCCC)c2)cc1. The van der Waals surface area contributed by atoms with E-state index in [9.17, 15) is 14.4 Å². The predicted molar refractivity (Wildman–Crippen MR) is 154 cm³/mol. The Balaban J connectivity index is 1.63. The molecule has 7 heteroatoms. The molecule has 206 valence electrons. The van der Waals surface area contributed by atoms with Crippen molar-refractivity contribution in [2.75, 3.05) is 18.1 Å². The molecule has 7 nitrogen and oxygen atoms in total. The summed E-state index contributed by atoms with van der Waals surface area (Å²) in [6.07, 6.45) is 2.57. The summed E-state index contributed by atoms with van der Waals surface area (Å²) < 4.78 is 17.3. The average molecular weight is 540 g/mol. The molecule has 0 aliphatic carbocycles. The van der Waals surface area contributed by atoms with Gasteiger partial charge in [-0.1, -0.05) is 32.4 Å². The van der Waals surface area contributed by atoms with E-state index >= 15 is 0 Å². The van der Waals surface area contributed by atoms with Gasteiger partial charge in [-0.15, -0.1) is 0 Å². The lowest BCUT2D eigenvalue weighted by atomic mass is 9.97. The molecule has 0 spiro atoms. The molecule has 1 aliphatic rings. The highest BCUT2D eigenvalue weighted by atomic mass is 16.5. The number of carbonyl (C=O) groups is 2. The topological polar surface area (TPSA) is 86.0 Å². The zero-order valence-corrected chi connectivity index (χ0v) is 23.3. The van der Waals surface area contributed by atoms with Crippen LogP contribution in [0.15, 0.2) is 69.9 Å². The van der Waals surface area contributed by atoms with E-state index < -0.39 is 17.9 Å². The van der Waals surface area contributed by atoms with Crippen molar-refractivity contribution in [3.8, 4) is 5.75 Å². The van der Waals surface area contributed by atoms with Crippen molar-refractivity contribution >= 4 is 28.5 Å². The van der Waals surface area contributed by atoms with E-state index in [2.05, 4.69) is 0 Å². The minimum absolute atomic E-state index is 0.0219. The number of hydrogen-bond acceptors (Lipinski definition) is 6. The molecule has 0 saturated heterocycles. The van der Waals surface area contributed by atoms with E-state index in [1.165, 1.54) is 0 Å². The number of carbonyl (C=O) groups excluding carboxylic acids is 2. The summed E-state index contributed by atoms with van der Waals surface area (Å²) in [5.41, 5.74) is 4.01. The summed E-state index contributed by atoms with van der Waals surface area (Å²) in [6.45, 7) is 8.85. The molecule has 3 aromatic carbocycles. The molecular formula is C33H33NO6. The summed E-state index contributed by atoms with van der Waals surface area (Å²) in [5, 5.41) is 0.435. The minimum atomic E-state index is -0.739. The summed E-state index contributed by atoms with van der Waals surface area (Å²) in [5.74, 6) is -0.159. The van der Waals surface area contributed by atoms with Gasteiger partial charge in [0, 0.05) is 5.69 Å². The van der Waals surface area contributed by atoms with Crippen LogP contribution in [0.1, 0.15) is 82.3 Å². The normalized spacial score (nSPS) is 14.4. The molecule has 0 N–H and O–H groups in total. The lowest BCUT2D eigenvalue weighted by Gasteiger charge is -2.25. The van der Waals surface area contributed by atoms with Gasteiger partial charge in [0.05, 0.1) is 35.8 Å². The van der Waals surface area contributed by atoms with Crippen LogP contribution in [0.3, 0.4) is 0 Å². The Bertz CT molecular complexity index is 1640. The maximum absolute atomic E-state index is 14.0. The molecule has 1 unspecified atom stereocenters. The van der Waals surface area contributed by atoms with Gasteiger partial charge in [0.2, 0.25) is 5.76 Å². The number of nitrogens with zero attached hydrogens (tertiary/aromatic N) is 1. The molecular weight excluding hydrogens is 506 g/mol. The second-order valence-corrected chi connectivity index (χ2v) is 10.1. The molecule has 4 aromatic rings. The number of ether oxygens (including phenoxy) is 2. The highest BCUT2D eigenvalue weighted by Gasteiger charge is 2.44. The molecule has 1 aromatic heterocycles. The third-order valence-corrected chi connectivity index (χ3v) is 7.25. The summed E-state index contributed by atoms with van der Waals surface area (Å²) in [4.78, 5) is 42.0. The molecule has 1 atom stereocenters. The fourth-order valence-electron chi connectivity index (χ4n) is 4.95.